The molecule has 2 aromatic rings. The average Bonchev–Trinajstić information content (AvgIpc) is 2.63. The summed E-state index contributed by atoms with van der Waals surface area (Å²) in [6.07, 6.45) is 0. The van der Waals surface area contributed by atoms with Crippen LogP contribution in [0.3, 0.4) is 0 Å². The second-order valence-electron chi connectivity index (χ2n) is 3.84. The summed E-state index contributed by atoms with van der Waals surface area (Å²) in [6.45, 7) is 2.38. The van der Waals surface area contributed by atoms with Crippen LogP contribution in [-0.2, 0) is 11.3 Å². The first-order chi connectivity index (χ1) is 8.20. The molecule has 0 spiro atoms. The molecule has 0 aliphatic rings. The number of benzene rings is 1. The predicted octanol–water partition coefficient (Wildman–Crippen LogP) is 1.73. The highest BCUT2D eigenvalue weighted by atomic mass is 16.5. The molecule has 0 bridgehead atoms. The van der Waals surface area contributed by atoms with Crippen molar-refractivity contribution in [1.82, 2.24) is 4.57 Å². The lowest BCUT2D eigenvalue weighted by molar-refractivity contribution is 0.0601. The van der Waals surface area contributed by atoms with Crippen LogP contribution >= 0.6 is 0 Å². The molecule has 4 heteroatoms. The molecule has 0 aliphatic carbocycles. The van der Waals surface area contributed by atoms with E-state index in [1.807, 2.05) is 35.8 Å². The van der Waals surface area contributed by atoms with Crippen LogP contribution in [0.25, 0.3) is 10.9 Å². The number of aliphatic hydroxyl groups excluding tert-OH is 1. The van der Waals surface area contributed by atoms with Crippen LogP contribution in [0.4, 0.5) is 0 Å². The molecule has 0 amide bonds. The second kappa shape index (κ2) is 4.59. The van der Waals surface area contributed by atoms with E-state index >= 15 is 0 Å². The van der Waals surface area contributed by atoms with Gasteiger partial charge >= 0.3 is 5.97 Å². The highest BCUT2D eigenvalue weighted by Crippen LogP contribution is 2.26. The summed E-state index contributed by atoms with van der Waals surface area (Å²) in [5.74, 6) is -0.338. The van der Waals surface area contributed by atoms with E-state index in [1.54, 1.807) is 0 Å². The third-order valence-electron chi connectivity index (χ3n) is 2.94. The third-order valence-corrected chi connectivity index (χ3v) is 2.94. The molecule has 90 valence electrons. The zero-order chi connectivity index (χ0) is 12.4. The minimum atomic E-state index is -0.338. The minimum Gasteiger partial charge on any atom is -0.465 e. The first kappa shape index (κ1) is 11.7. The van der Waals surface area contributed by atoms with Crippen molar-refractivity contribution in [3.8, 4) is 0 Å². The average molecular weight is 233 g/mol. The van der Waals surface area contributed by atoms with Crippen LogP contribution in [0.2, 0.25) is 0 Å². The van der Waals surface area contributed by atoms with Gasteiger partial charge in [-0.15, -0.1) is 0 Å². The molecule has 0 fully saturated rings. The Balaban J connectivity index is 2.74. The van der Waals surface area contributed by atoms with Gasteiger partial charge in [0.25, 0.3) is 0 Å². The van der Waals surface area contributed by atoms with E-state index in [-0.39, 0.29) is 12.6 Å². The number of esters is 1. The Labute approximate surface area is 99.4 Å². The van der Waals surface area contributed by atoms with Crippen molar-refractivity contribution in [3.63, 3.8) is 0 Å². The van der Waals surface area contributed by atoms with Crippen LogP contribution in [0.15, 0.2) is 24.3 Å². The lowest BCUT2D eigenvalue weighted by atomic mass is 10.1. The van der Waals surface area contributed by atoms with E-state index in [0.717, 1.165) is 16.6 Å². The van der Waals surface area contributed by atoms with Gasteiger partial charge in [-0.2, -0.15) is 0 Å². The number of aromatic nitrogens is 1. The summed E-state index contributed by atoms with van der Waals surface area (Å²) in [7, 11) is 1.37. The van der Waals surface area contributed by atoms with Gasteiger partial charge < -0.3 is 14.4 Å². The van der Waals surface area contributed by atoms with Gasteiger partial charge in [-0.3, -0.25) is 0 Å². The Kier molecular flexibility index (Phi) is 3.15. The molecule has 4 nitrogen and oxygen atoms in total. The predicted molar refractivity (Wildman–Crippen MR) is 65.1 cm³/mol. The molecule has 1 N–H and O–H groups in total. The fourth-order valence-electron chi connectivity index (χ4n) is 2.18. The van der Waals surface area contributed by atoms with Crippen molar-refractivity contribution >= 4 is 16.9 Å². The molecule has 0 radical (unpaired) electrons. The molecule has 1 aromatic carbocycles. The Bertz CT molecular complexity index is 557. The van der Waals surface area contributed by atoms with Crippen LogP contribution < -0.4 is 0 Å². The van der Waals surface area contributed by atoms with Crippen LogP contribution in [0, 0.1) is 6.92 Å². The maximum Gasteiger partial charge on any atom is 0.340 e. The Hall–Kier alpha value is -1.81. The number of aliphatic hydroxyl groups is 1. The number of ether oxygens (including phenoxy) is 1. The maximum absolute atomic E-state index is 11.8. The lowest BCUT2D eigenvalue weighted by Gasteiger charge is -2.05. The quantitative estimate of drug-likeness (QED) is 0.821. The smallest absolute Gasteiger partial charge is 0.340 e. The normalized spacial score (nSPS) is 10.8. The van der Waals surface area contributed by atoms with E-state index in [1.165, 1.54) is 7.11 Å². The summed E-state index contributed by atoms with van der Waals surface area (Å²) in [6, 6.07) is 7.63. The van der Waals surface area contributed by atoms with E-state index < -0.39 is 0 Å². The van der Waals surface area contributed by atoms with Gasteiger partial charge in [0.2, 0.25) is 0 Å². The molecule has 1 heterocycles. The molecule has 2 rings (SSSR count). The number of para-hydroxylation sites is 1. The number of hydrogen-bond acceptors (Lipinski definition) is 3. The molecular formula is C13H15NO3. The first-order valence-corrected chi connectivity index (χ1v) is 5.47. The number of nitrogens with zero attached hydrogens (tertiary/aromatic N) is 1. The Morgan fingerprint density at radius 3 is 2.76 bits per heavy atom. The first-order valence-electron chi connectivity index (χ1n) is 5.47. The van der Waals surface area contributed by atoms with Crippen molar-refractivity contribution < 1.29 is 14.6 Å². The Morgan fingerprint density at radius 2 is 2.12 bits per heavy atom. The number of fused-ring (bicyclic) bond motifs is 1. The van der Waals surface area contributed by atoms with Crippen molar-refractivity contribution in [3.05, 3.63) is 35.5 Å². The molecular weight excluding hydrogens is 218 g/mol. The largest absolute Gasteiger partial charge is 0.465 e. The van der Waals surface area contributed by atoms with E-state index in [0.29, 0.717) is 12.1 Å². The SMILES string of the molecule is COC(=O)c1c(C)n(CCO)c2ccccc12. The zero-order valence-corrected chi connectivity index (χ0v) is 9.93. The highest BCUT2D eigenvalue weighted by molar-refractivity contribution is 6.05. The third kappa shape index (κ3) is 1.80. The Morgan fingerprint density at radius 1 is 1.41 bits per heavy atom. The van der Waals surface area contributed by atoms with Crippen molar-refractivity contribution in [2.45, 2.75) is 13.5 Å². The second-order valence-corrected chi connectivity index (χ2v) is 3.84. The molecule has 1 aromatic heterocycles. The fourth-order valence-corrected chi connectivity index (χ4v) is 2.18. The topological polar surface area (TPSA) is 51.5 Å². The van der Waals surface area contributed by atoms with E-state index in [2.05, 4.69) is 0 Å². The zero-order valence-electron chi connectivity index (χ0n) is 9.93. The lowest BCUT2D eigenvalue weighted by Crippen LogP contribution is -2.07. The highest BCUT2D eigenvalue weighted by Gasteiger charge is 2.19. The van der Waals surface area contributed by atoms with Crippen LogP contribution in [0.1, 0.15) is 16.1 Å². The van der Waals surface area contributed by atoms with Crippen LogP contribution in [-0.4, -0.2) is 29.4 Å². The molecule has 0 unspecified atom stereocenters. The number of carbonyl (C=O) groups is 1. The summed E-state index contributed by atoms with van der Waals surface area (Å²) in [5, 5.41) is 9.94. The van der Waals surface area contributed by atoms with E-state index in [4.69, 9.17) is 9.84 Å². The summed E-state index contributed by atoms with van der Waals surface area (Å²) >= 11 is 0. The van der Waals surface area contributed by atoms with E-state index in [9.17, 15) is 4.79 Å². The number of hydrogen-bond donors (Lipinski definition) is 1. The summed E-state index contributed by atoms with van der Waals surface area (Å²) in [5.41, 5.74) is 2.35. The standard InChI is InChI=1S/C13H15NO3/c1-9-12(13(16)17-2)10-5-3-4-6-11(10)14(9)7-8-15/h3-6,15H,7-8H2,1-2H3. The van der Waals surface area contributed by atoms with Gasteiger partial charge in [0.1, 0.15) is 0 Å². The molecule has 17 heavy (non-hydrogen) atoms. The summed E-state index contributed by atoms with van der Waals surface area (Å²) < 4.78 is 6.73. The van der Waals surface area contributed by atoms with Crippen molar-refractivity contribution in [2.75, 3.05) is 13.7 Å². The van der Waals surface area contributed by atoms with Crippen molar-refractivity contribution in [1.29, 1.82) is 0 Å². The monoisotopic (exact) mass is 233 g/mol. The van der Waals surface area contributed by atoms with Crippen LogP contribution in [0.5, 0.6) is 0 Å². The molecule has 0 aliphatic heterocycles. The van der Waals surface area contributed by atoms with Crippen molar-refractivity contribution in [2.24, 2.45) is 0 Å². The van der Waals surface area contributed by atoms with Gasteiger partial charge in [0.05, 0.1) is 19.3 Å². The number of carbonyl (C=O) groups excluding carboxylic acids is 1. The fraction of sp³-hybridized carbons (Fsp3) is 0.308. The summed E-state index contributed by atoms with van der Waals surface area (Å²) in [4.78, 5) is 11.8. The van der Waals surface area contributed by atoms with Gasteiger partial charge in [-0.25, -0.2) is 4.79 Å². The molecule has 0 saturated heterocycles. The molecule has 0 atom stereocenters. The van der Waals surface area contributed by atoms with Gasteiger partial charge in [0, 0.05) is 23.1 Å². The molecule has 0 saturated carbocycles. The van der Waals surface area contributed by atoms with Gasteiger partial charge in [-0.05, 0) is 13.0 Å². The maximum atomic E-state index is 11.8. The number of rotatable bonds is 3. The number of methoxy groups -OCH3 is 1. The minimum absolute atomic E-state index is 0.0418. The van der Waals surface area contributed by atoms with Gasteiger partial charge in [0.15, 0.2) is 0 Å². The van der Waals surface area contributed by atoms with Gasteiger partial charge in [-0.1, -0.05) is 18.2 Å².